The van der Waals surface area contributed by atoms with Gasteiger partial charge in [-0.1, -0.05) is 60.7 Å². The third kappa shape index (κ3) is 4.73. The van der Waals surface area contributed by atoms with E-state index in [9.17, 15) is 13.2 Å². The van der Waals surface area contributed by atoms with Gasteiger partial charge in [0.25, 0.3) is 15.9 Å². The van der Waals surface area contributed by atoms with Crippen LogP contribution in [0.5, 0.6) is 0 Å². The fraction of sp³-hybridized carbons (Fsp3) is 0. The zero-order valence-electron chi connectivity index (χ0n) is 18.4. The first-order chi connectivity index (χ1) is 17.0. The summed E-state index contributed by atoms with van der Waals surface area (Å²) in [6, 6.07) is 29.7. The van der Waals surface area contributed by atoms with Crippen molar-refractivity contribution in [3.8, 4) is 22.5 Å². The van der Waals surface area contributed by atoms with Gasteiger partial charge >= 0.3 is 0 Å². The Bertz CT molecular complexity index is 1570. The molecule has 0 radical (unpaired) electrons. The van der Waals surface area contributed by atoms with Crippen LogP contribution in [0.15, 0.2) is 120 Å². The lowest BCUT2D eigenvalue weighted by Gasteiger charge is -2.08. The minimum atomic E-state index is -3.69. The van der Waals surface area contributed by atoms with Crippen LogP contribution < -0.4 is 4.72 Å². The van der Waals surface area contributed by atoms with Crippen molar-refractivity contribution in [2.24, 2.45) is 0 Å². The van der Waals surface area contributed by atoms with Crippen LogP contribution in [0.25, 0.3) is 22.5 Å². The summed E-state index contributed by atoms with van der Waals surface area (Å²) in [6.45, 7) is 0. The molecule has 0 amide bonds. The highest BCUT2D eigenvalue weighted by Gasteiger charge is 2.19. The molecule has 8 heteroatoms. The quantitative estimate of drug-likeness (QED) is 0.365. The molecule has 0 aliphatic carbocycles. The normalized spacial score (nSPS) is 11.2. The molecule has 5 aromatic rings. The van der Waals surface area contributed by atoms with Gasteiger partial charge < -0.3 is 0 Å². The van der Waals surface area contributed by atoms with Crippen LogP contribution in [0.2, 0.25) is 0 Å². The van der Waals surface area contributed by atoms with Gasteiger partial charge in [-0.3, -0.25) is 14.5 Å². The third-order valence-corrected chi connectivity index (χ3v) is 6.78. The van der Waals surface area contributed by atoms with E-state index in [1.165, 1.54) is 16.8 Å². The monoisotopic (exact) mass is 480 g/mol. The largest absolute Gasteiger partial charge is 0.280 e. The minimum absolute atomic E-state index is 0.185. The molecule has 0 saturated carbocycles. The summed E-state index contributed by atoms with van der Waals surface area (Å²) in [5.41, 5.74) is 3.72. The third-order valence-electron chi connectivity index (χ3n) is 5.38. The molecule has 35 heavy (non-hydrogen) atoms. The molecule has 0 aliphatic rings. The number of hydrogen-bond donors (Lipinski definition) is 1. The molecule has 172 valence electrons. The van der Waals surface area contributed by atoms with Crippen molar-refractivity contribution >= 4 is 21.6 Å². The molecule has 7 nitrogen and oxygen atoms in total. The second-order valence-electron chi connectivity index (χ2n) is 7.73. The van der Waals surface area contributed by atoms with Crippen molar-refractivity contribution < 1.29 is 13.2 Å². The van der Waals surface area contributed by atoms with Crippen LogP contribution in [-0.2, 0) is 10.0 Å². The fourth-order valence-electron chi connectivity index (χ4n) is 3.63. The minimum Gasteiger partial charge on any atom is -0.280 e. The Morgan fingerprint density at radius 3 is 2.03 bits per heavy atom. The topological polar surface area (TPSA) is 93.9 Å². The van der Waals surface area contributed by atoms with E-state index in [1.54, 1.807) is 67.0 Å². The highest BCUT2D eigenvalue weighted by molar-refractivity contribution is 7.92. The molecule has 3 aromatic carbocycles. The van der Waals surface area contributed by atoms with Crippen LogP contribution in [0.4, 0.5) is 5.69 Å². The lowest BCUT2D eigenvalue weighted by Crippen LogP contribution is -2.15. The molecule has 0 atom stereocenters. The van der Waals surface area contributed by atoms with Crippen LogP contribution in [0, 0.1) is 0 Å². The zero-order chi connectivity index (χ0) is 24.3. The number of sulfonamides is 1. The number of carbonyl (C=O) groups excluding carboxylic acids is 1. The van der Waals surface area contributed by atoms with E-state index in [-0.39, 0.29) is 10.8 Å². The van der Waals surface area contributed by atoms with E-state index >= 15 is 0 Å². The SMILES string of the molecule is O=C(c1ccncc1)n1nc(-c2ccc(NS(=O)(=O)c3ccccc3)cc2)cc1-c1ccccc1. The first-order valence-corrected chi connectivity index (χ1v) is 12.3. The van der Waals surface area contributed by atoms with Gasteiger partial charge in [-0.25, -0.2) is 8.42 Å². The zero-order valence-corrected chi connectivity index (χ0v) is 19.3. The number of nitrogens with zero attached hydrogens (tertiary/aromatic N) is 3. The molecule has 2 heterocycles. The number of aromatic nitrogens is 3. The van der Waals surface area contributed by atoms with E-state index in [0.29, 0.717) is 22.6 Å². The van der Waals surface area contributed by atoms with Gasteiger partial charge in [0.05, 0.1) is 16.3 Å². The number of benzene rings is 3. The number of nitrogens with one attached hydrogen (secondary N) is 1. The molecule has 0 saturated heterocycles. The smallest absolute Gasteiger partial charge is 0.278 e. The van der Waals surface area contributed by atoms with Gasteiger partial charge in [0.15, 0.2) is 0 Å². The van der Waals surface area contributed by atoms with Gasteiger partial charge in [0.1, 0.15) is 0 Å². The van der Waals surface area contributed by atoms with Gasteiger partial charge in [-0.05, 0) is 42.5 Å². The number of pyridine rings is 1. The van der Waals surface area contributed by atoms with Gasteiger partial charge in [-0.15, -0.1) is 0 Å². The molecular formula is C27H20N4O3S. The van der Waals surface area contributed by atoms with Gasteiger partial charge in [-0.2, -0.15) is 9.78 Å². The maximum atomic E-state index is 13.2. The van der Waals surface area contributed by atoms with Crippen molar-refractivity contribution in [2.75, 3.05) is 4.72 Å². The van der Waals surface area contributed by atoms with Gasteiger partial charge in [0.2, 0.25) is 0 Å². The van der Waals surface area contributed by atoms with Crippen LogP contribution in [0.1, 0.15) is 10.4 Å². The summed E-state index contributed by atoms with van der Waals surface area (Å²) in [4.78, 5) is 17.4. The Labute approximate surface area is 202 Å². The molecule has 0 spiro atoms. The average molecular weight is 481 g/mol. The maximum Gasteiger partial charge on any atom is 0.278 e. The Balaban J connectivity index is 1.48. The molecule has 0 unspecified atom stereocenters. The van der Waals surface area contributed by atoms with Crippen LogP contribution >= 0.6 is 0 Å². The first-order valence-electron chi connectivity index (χ1n) is 10.8. The second kappa shape index (κ2) is 9.36. The Hall–Kier alpha value is -4.56. The lowest BCUT2D eigenvalue weighted by molar-refractivity contribution is 0.0947. The standard InChI is InChI=1S/C27H20N4O3S/c32-27(22-15-17-28-18-16-22)31-26(21-7-3-1-4-8-21)19-25(29-31)20-11-13-23(14-12-20)30-35(33,34)24-9-5-2-6-10-24/h1-19,30H. The summed E-state index contributed by atoms with van der Waals surface area (Å²) < 4.78 is 29.2. The predicted molar refractivity (Wildman–Crippen MR) is 134 cm³/mol. The van der Waals surface area contributed by atoms with Crippen molar-refractivity contribution in [1.82, 2.24) is 14.8 Å². The summed E-state index contributed by atoms with van der Waals surface area (Å²) in [7, 11) is -3.69. The first kappa shape index (κ1) is 22.2. The van der Waals surface area contributed by atoms with Crippen molar-refractivity contribution in [1.29, 1.82) is 0 Å². The fourth-order valence-corrected chi connectivity index (χ4v) is 4.71. The Kier molecular flexibility index (Phi) is 5.95. The number of carbonyl (C=O) groups is 1. The maximum absolute atomic E-state index is 13.2. The van der Waals surface area contributed by atoms with Crippen molar-refractivity contribution in [3.05, 3.63) is 121 Å². The number of rotatable bonds is 6. The molecule has 0 aliphatic heterocycles. The van der Waals surface area contributed by atoms with Crippen LogP contribution in [-0.4, -0.2) is 29.1 Å². The Morgan fingerprint density at radius 2 is 1.37 bits per heavy atom. The van der Waals surface area contributed by atoms with Crippen molar-refractivity contribution in [3.63, 3.8) is 0 Å². The number of hydrogen-bond acceptors (Lipinski definition) is 5. The molecule has 2 aromatic heterocycles. The summed E-state index contributed by atoms with van der Waals surface area (Å²) in [6.07, 6.45) is 3.13. The van der Waals surface area contributed by atoms with E-state index in [1.807, 2.05) is 36.4 Å². The molecule has 1 N–H and O–H groups in total. The second-order valence-corrected chi connectivity index (χ2v) is 9.41. The highest BCUT2D eigenvalue weighted by Crippen LogP contribution is 2.28. The van der Waals surface area contributed by atoms with E-state index in [0.717, 1.165) is 11.1 Å². The summed E-state index contributed by atoms with van der Waals surface area (Å²) >= 11 is 0. The molecule has 0 fully saturated rings. The van der Waals surface area contributed by atoms with E-state index < -0.39 is 10.0 Å². The molecule has 0 bridgehead atoms. The summed E-state index contributed by atoms with van der Waals surface area (Å²) in [5, 5.41) is 4.59. The lowest BCUT2D eigenvalue weighted by atomic mass is 10.1. The Morgan fingerprint density at radius 1 is 0.743 bits per heavy atom. The highest BCUT2D eigenvalue weighted by atomic mass is 32.2. The van der Waals surface area contributed by atoms with E-state index in [2.05, 4.69) is 14.8 Å². The van der Waals surface area contributed by atoms with Gasteiger partial charge in [0, 0.05) is 34.8 Å². The average Bonchev–Trinajstić information content (AvgIpc) is 3.35. The predicted octanol–water partition coefficient (Wildman–Crippen LogP) is 5.10. The molecule has 5 rings (SSSR count). The van der Waals surface area contributed by atoms with Crippen LogP contribution in [0.3, 0.4) is 0 Å². The van der Waals surface area contributed by atoms with E-state index in [4.69, 9.17) is 0 Å². The number of anilines is 1. The van der Waals surface area contributed by atoms with Crippen molar-refractivity contribution in [2.45, 2.75) is 4.90 Å². The molecular weight excluding hydrogens is 460 g/mol. The summed E-state index contributed by atoms with van der Waals surface area (Å²) in [5.74, 6) is -0.273.